The van der Waals surface area contributed by atoms with E-state index in [0.717, 1.165) is 12.8 Å². The van der Waals surface area contributed by atoms with Gasteiger partial charge in [-0.3, -0.25) is 0 Å². The lowest BCUT2D eigenvalue weighted by Crippen LogP contribution is -2.45. The molecule has 0 aromatic heterocycles. The van der Waals surface area contributed by atoms with Gasteiger partial charge in [-0.2, -0.15) is 13.2 Å². The van der Waals surface area contributed by atoms with Crippen LogP contribution in [0.15, 0.2) is 76.5 Å². The minimum absolute atomic E-state index is 0.138. The molecule has 0 N–H and O–H groups in total. The van der Waals surface area contributed by atoms with Gasteiger partial charge in [-0.25, -0.2) is 0 Å². The van der Waals surface area contributed by atoms with Crippen LogP contribution in [-0.4, -0.2) is 17.5 Å². The van der Waals surface area contributed by atoms with Crippen LogP contribution in [0, 0.1) is 0 Å². The summed E-state index contributed by atoms with van der Waals surface area (Å²) in [6.07, 6.45) is 8.69. The normalized spacial score (nSPS) is 20.9. The highest BCUT2D eigenvalue weighted by Gasteiger charge is 2.60. The topological polar surface area (TPSA) is 21.6 Å². The SMILES string of the molecule is C=C.C\C=C/C(=C\C=C\CCC)C1=NOC(C/C=C(Cl)\C=C(\Cl)CC)(C(F)(F)F)C1. The van der Waals surface area contributed by atoms with Crippen molar-refractivity contribution in [3.63, 3.8) is 0 Å². The zero-order valence-electron chi connectivity index (χ0n) is 17.7. The number of halogens is 5. The molecule has 1 aliphatic heterocycles. The van der Waals surface area contributed by atoms with Gasteiger partial charge in [-0.15, -0.1) is 13.2 Å². The zero-order chi connectivity index (χ0) is 23.2. The lowest BCUT2D eigenvalue weighted by Gasteiger charge is -2.28. The Kier molecular flexibility index (Phi) is 13.5. The van der Waals surface area contributed by atoms with Gasteiger partial charge in [0.05, 0.1) is 5.71 Å². The third-order valence-corrected chi connectivity index (χ3v) is 4.75. The largest absolute Gasteiger partial charge is 0.431 e. The molecule has 1 heterocycles. The molecule has 0 fully saturated rings. The highest BCUT2D eigenvalue weighted by atomic mass is 35.5. The summed E-state index contributed by atoms with van der Waals surface area (Å²) < 4.78 is 41.4. The highest BCUT2D eigenvalue weighted by Crippen LogP contribution is 2.44. The first-order chi connectivity index (χ1) is 14.2. The third-order valence-electron chi connectivity index (χ3n) is 4.11. The first-order valence-electron chi connectivity index (χ1n) is 9.72. The fourth-order valence-corrected chi connectivity index (χ4v) is 2.83. The molecule has 1 atom stereocenters. The smallest absolute Gasteiger partial charge is 0.378 e. The van der Waals surface area contributed by atoms with E-state index < -0.39 is 18.2 Å². The van der Waals surface area contributed by atoms with E-state index in [0.29, 0.717) is 17.0 Å². The molecular weight excluding hydrogens is 434 g/mol. The monoisotopic (exact) mass is 463 g/mol. The van der Waals surface area contributed by atoms with Crippen molar-refractivity contribution in [2.75, 3.05) is 0 Å². The average Bonchev–Trinajstić information content (AvgIpc) is 3.16. The van der Waals surface area contributed by atoms with Gasteiger partial charge >= 0.3 is 6.18 Å². The molecule has 1 unspecified atom stereocenters. The van der Waals surface area contributed by atoms with Gasteiger partial charge in [-0.1, -0.05) is 85.1 Å². The van der Waals surface area contributed by atoms with Crippen molar-refractivity contribution in [2.45, 2.75) is 64.7 Å². The van der Waals surface area contributed by atoms with Crippen LogP contribution in [0.1, 0.15) is 52.9 Å². The van der Waals surface area contributed by atoms with Gasteiger partial charge in [0.15, 0.2) is 0 Å². The van der Waals surface area contributed by atoms with Gasteiger partial charge in [0, 0.05) is 22.9 Å². The van der Waals surface area contributed by atoms with E-state index in [9.17, 15) is 13.2 Å². The molecule has 0 bridgehead atoms. The number of hydrogen-bond donors (Lipinski definition) is 0. The molecule has 1 aliphatic rings. The predicted molar refractivity (Wildman–Crippen MR) is 123 cm³/mol. The fraction of sp³-hybridized carbons (Fsp3) is 0.435. The number of oxime groups is 1. The summed E-state index contributed by atoms with van der Waals surface area (Å²) in [6, 6.07) is 0. The summed E-state index contributed by atoms with van der Waals surface area (Å²) in [4.78, 5) is 4.96. The Labute approximate surface area is 188 Å². The van der Waals surface area contributed by atoms with Crippen LogP contribution in [0.4, 0.5) is 13.2 Å². The molecule has 0 saturated carbocycles. The summed E-state index contributed by atoms with van der Waals surface area (Å²) >= 11 is 11.9. The van der Waals surface area contributed by atoms with Crippen LogP contribution in [0.2, 0.25) is 0 Å². The van der Waals surface area contributed by atoms with Gasteiger partial charge < -0.3 is 4.84 Å². The average molecular weight is 464 g/mol. The number of unbranched alkanes of at least 4 members (excludes halogenated alkanes) is 1. The molecule has 7 heteroatoms. The fourth-order valence-electron chi connectivity index (χ4n) is 2.44. The van der Waals surface area contributed by atoms with Crippen LogP contribution in [-0.2, 0) is 4.84 Å². The van der Waals surface area contributed by atoms with Crippen molar-refractivity contribution in [1.29, 1.82) is 0 Å². The number of hydrogen-bond acceptors (Lipinski definition) is 2. The van der Waals surface area contributed by atoms with E-state index in [1.54, 1.807) is 25.2 Å². The molecule has 30 heavy (non-hydrogen) atoms. The lowest BCUT2D eigenvalue weighted by atomic mass is 9.89. The second-order valence-electron chi connectivity index (χ2n) is 6.37. The summed E-state index contributed by atoms with van der Waals surface area (Å²) in [5.41, 5.74) is -1.60. The Hall–Kier alpha value is -1.72. The molecular formula is C23H30Cl2F3NO. The van der Waals surface area contributed by atoms with Crippen molar-refractivity contribution in [2.24, 2.45) is 5.16 Å². The van der Waals surface area contributed by atoms with Crippen LogP contribution >= 0.6 is 23.2 Å². The van der Waals surface area contributed by atoms with Gasteiger partial charge in [0.1, 0.15) is 0 Å². The molecule has 0 aromatic rings. The van der Waals surface area contributed by atoms with E-state index in [-0.39, 0.29) is 17.2 Å². The van der Waals surface area contributed by atoms with Crippen LogP contribution < -0.4 is 0 Å². The van der Waals surface area contributed by atoms with Crippen LogP contribution in [0.3, 0.4) is 0 Å². The molecule has 0 spiro atoms. The molecule has 0 saturated heterocycles. The van der Waals surface area contributed by atoms with Crippen LogP contribution in [0.5, 0.6) is 0 Å². The molecule has 1 rings (SSSR count). The maximum absolute atomic E-state index is 13.8. The minimum atomic E-state index is -4.61. The number of alkyl halides is 3. The molecule has 0 aromatic carbocycles. The molecule has 168 valence electrons. The first kappa shape index (κ1) is 28.3. The van der Waals surface area contributed by atoms with Crippen molar-refractivity contribution in [3.8, 4) is 0 Å². The standard InChI is InChI=1S/C21H26Cl2F3NO.C2H4/c1-4-7-8-9-11-16(10-5-2)19-15-20(28-27-19,21(24,25)26)13-12-18(23)14-17(22)6-3;1-2/h5,8-12,14H,4,6-7,13,15H2,1-3H3;1-2H2/b9-8+,10-5-,16-11+,17-14+,18-12+;. The van der Waals surface area contributed by atoms with Crippen molar-refractivity contribution >= 4 is 28.9 Å². The van der Waals surface area contributed by atoms with Crippen molar-refractivity contribution < 1.29 is 18.0 Å². The Bertz CT molecular complexity index is 718. The lowest BCUT2D eigenvalue weighted by molar-refractivity contribution is -0.267. The Balaban J connectivity index is 0.00000407. The minimum Gasteiger partial charge on any atom is -0.378 e. The van der Waals surface area contributed by atoms with E-state index in [1.807, 2.05) is 19.1 Å². The quantitative estimate of drug-likeness (QED) is 0.247. The maximum atomic E-state index is 13.8. The summed E-state index contributed by atoms with van der Waals surface area (Å²) in [7, 11) is 0. The predicted octanol–water partition coefficient (Wildman–Crippen LogP) is 8.77. The number of nitrogens with zero attached hydrogens (tertiary/aromatic N) is 1. The molecule has 2 nitrogen and oxygen atoms in total. The summed E-state index contributed by atoms with van der Waals surface area (Å²) in [6.45, 7) is 11.7. The number of rotatable bonds is 9. The Morgan fingerprint density at radius 1 is 1.27 bits per heavy atom. The van der Waals surface area contributed by atoms with E-state index in [2.05, 4.69) is 25.2 Å². The maximum Gasteiger partial charge on any atom is 0.431 e. The third kappa shape index (κ3) is 8.97. The summed E-state index contributed by atoms with van der Waals surface area (Å²) in [5, 5.41) is 4.36. The number of allylic oxidation sites excluding steroid dienone is 9. The summed E-state index contributed by atoms with van der Waals surface area (Å²) in [5.74, 6) is 0. The Morgan fingerprint density at radius 3 is 2.47 bits per heavy atom. The molecule has 0 amide bonds. The Morgan fingerprint density at radius 2 is 1.93 bits per heavy atom. The van der Waals surface area contributed by atoms with Gasteiger partial charge in [0.25, 0.3) is 0 Å². The van der Waals surface area contributed by atoms with E-state index in [4.69, 9.17) is 28.0 Å². The van der Waals surface area contributed by atoms with Gasteiger partial charge in [0.2, 0.25) is 5.60 Å². The molecule has 0 radical (unpaired) electrons. The van der Waals surface area contributed by atoms with Crippen LogP contribution in [0.25, 0.3) is 0 Å². The second kappa shape index (κ2) is 14.3. The van der Waals surface area contributed by atoms with Gasteiger partial charge in [-0.05, 0) is 31.4 Å². The van der Waals surface area contributed by atoms with E-state index in [1.165, 1.54) is 12.2 Å². The zero-order valence-corrected chi connectivity index (χ0v) is 19.2. The second-order valence-corrected chi connectivity index (χ2v) is 7.30. The van der Waals surface area contributed by atoms with Crippen molar-refractivity contribution in [1.82, 2.24) is 0 Å². The molecule has 0 aliphatic carbocycles. The highest BCUT2D eigenvalue weighted by molar-refractivity contribution is 6.34. The van der Waals surface area contributed by atoms with Crippen molar-refractivity contribution in [3.05, 3.63) is 71.3 Å². The van der Waals surface area contributed by atoms with E-state index >= 15 is 0 Å². The first-order valence-corrected chi connectivity index (χ1v) is 10.5.